The molecule has 0 aromatic rings. The van der Waals surface area contributed by atoms with E-state index in [1.165, 1.54) is 0 Å². The van der Waals surface area contributed by atoms with Crippen LogP contribution in [0.2, 0.25) is 0 Å². The Kier molecular flexibility index (Phi) is 2.48. The van der Waals surface area contributed by atoms with Crippen LogP contribution in [0.1, 0.15) is 12.8 Å². The molecule has 3 nitrogen and oxygen atoms in total. The minimum absolute atomic E-state index is 0.252. The summed E-state index contributed by atoms with van der Waals surface area (Å²) >= 11 is 0. The lowest BCUT2D eigenvalue weighted by Gasteiger charge is -2.36. The predicted molar refractivity (Wildman–Crippen MR) is 44.1 cm³/mol. The molecular formula is C8H15N3. The van der Waals surface area contributed by atoms with Gasteiger partial charge in [0, 0.05) is 6.54 Å². The minimum atomic E-state index is -0.252. The van der Waals surface area contributed by atoms with Gasteiger partial charge in [0.2, 0.25) is 0 Å². The molecule has 1 atom stereocenters. The van der Waals surface area contributed by atoms with Gasteiger partial charge in [0.15, 0.2) is 0 Å². The third-order valence-electron chi connectivity index (χ3n) is 2.43. The second-order valence-corrected chi connectivity index (χ2v) is 3.32. The van der Waals surface area contributed by atoms with Crippen molar-refractivity contribution in [2.75, 3.05) is 27.2 Å². The van der Waals surface area contributed by atoms with Gasteiger partial charge in [0.05, 0.1) is 6.07 Å². The Bertz CT molecular complexity index is 163. The van der Waals surface area contributed by atoms with Gasteiger partial charge in [-0.3, -0.25) is 4.90 Å². The van der Waals surface area contributed by atoms with E-state index in [2.05, 4.69) is 11.4 Å². The Labute approximate surface area is 68.0 Å². The summed E-state index contributed by atoms with van der Waals surface area (Å²) in [7, 11) is 3.94. The minimum Gasteiger partial charge on any atom is -0.314 e. The molecular weight excluding hydrogens is 138 g/mol. The first kappa shape index (κ1) is 8.51. The van der Waals surface area contributed by atoms with Crippen LogP contribution in [0.25, 0.3) is 0 Å². The quantitative estimate of drug-likeness (QED) is 0.584. The maximum Gasteiger partial charge on any atom is 0.121 e. The lowest BCUT2D eigenvalue weighted by Crippen LogP contribution is -2.53. The Hall–Kier alpha value is -0.590. The van der Waals surface area contributed by atoms with Crippen LogP contribution in [0.3, 0.4) is 0 Å². The normalized spacial score (nSPS) is 31.8. The summed E-state index contributed by atoms with van der Waals surface area (Å²) in [6, 6.07) is 2.38. The molecule has 1 aliphatic heterocycles. The van der Waals surface area contributed by atoms with Crippen molar-refractivity contribution in [2.24, 2.45) is 0 Å². The van der Waals surface area contributed by atoms with E-state index in [-0.39, 0.29) is 5.54 Å². The van der Waals surface area contributed by atoms with E-state index in [1.807, 2.05) is 19.0 Å². The molecule has 62 valence electrons. The van der Waals surface area contributed by atoms with Crippen LogP contribution < -0.4 is 5.32 Å². The molecule has 1 heterocycles. The highest BCUT2D eigenvalue weighted by Crippen LogP contribution is 2.19. The maximum atomic E-state index is 8.98. The van der Waals surface area contributed by atoms with Crippen molar-refractivity contribution in [1.82, 2.24) is 10.2 Å². The van der Waals surface area contributed by atoms with Gasteiger partial charge in [-0.05, 0) is 33.5 Å². The molecule has 1 N–H and O–H groups in total. The first-order chi connectivity index (χ1) is 5.21. The van der Waals surface area contributed by atoms with E-state index in [1.54, 1.807) is 0 Å². The molecule has 3 heteroatoms. The number of hydrogen-bond donors (Lipinski definition) is 1. The topological polar surface area (TPSA) is 39.1 Å². The molecule has 1 fully saturated rings. The van der Waals surface area contributed by atoms with Crippen molar-refractivity contribution >= 4 is 0 Å². The summed E-state index contributed by atoms with van der Waals surface area (Å²) in [6.45, 7) is 1.85. The fraction of sp³-hybridized carbons (Fsp3) is 0.875. The van der Waals surface area contributed by atoms with E-state index in [0.717, 1.165) is 25.9 Å². The van der Waals surface area contributed by atoms with Crippen LogP contribution >= 0.6 is 0 Å². The SMILES string of the molecule is CN(C)C1(C#N)CCCNC1. The lowest BCUT2D eigenvalue weighted by atomic mass is 9.91. The second kappa shape index (κ2) is 3.21. The summed E-state index contributed by atoms with van der Waals surface area (Å²) < 4.78 is 0. The Balaban J connectivity index is 2.67. The van der Waals surface area contributed by atoms with Crippen molar-refractivity contribution in [1.29, 1.82) is 5.26 Å². The fourth-order valence-corrected chi connectivity index (χ4v) is 1.47. The molecule has 1 aliphatic rings. The Morgan fingerprint density at radius 1 is 1.55 bits per heavy atom. The number of likely N-dealkylation sites (N-methyl/N-ethyl adjacent to an activating group) is 1. The van der Waals surface area contributed by atoms with Crippen LogP contribution in [0, 0.1) is 11.3 Å². The molecule has 0 radical (unpaired) electrons. The van der Waals surface area contributed by atoms with Gasteiger partial charge in [0.25, 0.3) is 0 Å². The molecule has 0 saturated carbocycles. The Morgan fingerprint density at radius 2 is 2.27 bits per heavy atom. The Morgan fingerprint density at radius 3 is 2.55 bits per heavy atom. The van der Waals surface area contributed by atoms with E-state index < -0.39 is 0 Å². The van der Waals surface area contributed by atoms with Gasteiger partial charge in [0.1, 0.15) is 5.54 Å². The average molecular weight is 153 g/mol. The molecule has 0 aromatic carbocycles. The summed E-state index contributed by atoms with van der Waals surface area (Å²) in [4.78, 5) is 2.01. The summed E-state index contributed by atoms with van der Waals surface area (Å²) in [5.74, 6) is 0. The van der Waals surface area contributed by atoms with E-state index >= 15 is 0 Å². The first-order valence-electron chi connectivity index (χ1n) is 4.01. The fourth-order valence-electron chi connectivity index (χ4n) is 1.47. The number of nitrogens with zero attached hydrogens (tertiary/aromatic N) is 2. The van der Waals surface area contributed by atoms with E-state index in [9.17, 15) is 0 Å². The predicted octanol–water partition coefficient (Wildman–Crippen LogP) is 0.194. The van der Waals surface area contributed by atoms with Crippen molar-refractivity contribution in [3.05, 3.63) is 0 Å². The third-order valence-corrected chi connectivity index (χ3v) is 2.43. The lowest BCUT2D eigenvalue weighted by molar-refractivity contribution is 0.172. The zero-order chi connectivity index (χ0) is 8.32. The largest absolute Gasteiger partial charge is 0.314 e. The van der Waals surface area contributed by atoms with Crippen molar-refractivity contribution in [3.63, 3.8) is 0 Å². The van der Waals surface area contributed by atoms with Crippen molar-refractivity contribution in [2.45, 2.75) is 18.4 Å². The van der Waals surface area contributed by atoms with Gasteiger partial charge in [-0.25, -0.2) is 0 Å². The van der Waals surface area contributed by atoms with Crippen LogP contribution in [0.5, 0.6) is 0 Å². The second-order valence-electron chi connectivity index (χ2n) is 3.32. The number of hydrogen-bond acceptors (Lipinski definition) is 3. The van der Waals surface area contributed by atoms with Crippen LogP contribution in [-0.4, -0.2) is 37.6 Å². The average Bonchev–Trinajstić information content (AvgIpc) is 2.05. The van der Waals surface area contributed by atoms with Gasteiger partial charge >= 0.3 is 0 Å². The maximum absolute atomic E-state index is 8.98. The number of rotatable bonds is 1. The van der Waals surface area contributed by atoms with E-state index in [4.69, 9.17) is 5.26 Å². The zero-order valence-corrected chi connectivity index (χ0v) is 7.22. The smallest absolute Gasteiger partial charge is 0.121 e. The zero-order valence-electron chi connectivity index (χ0n) is 7.22. The molecule has 1 unspecified atom stereocenters. The van der Waals surface area contributed by atoms with Gasteiger partial charge in [-0.2, -0.15) is 5.26 Å². The number of nitriles is 1. The van der Waals surface area contributed by atoms with E-state index in [0.29, 0.717) is 0 Å². The molecule has 1 saturated heterocycles. The summed E-state index contributed by atoms with van der Waals surface area (Å²) in [6.07, 6.45) is 2.09. The van der Waals surface area contributed by atoms with Gasteiger partial charge in [-0.15, -0.1) is 0 Å². The van der Waals surface area contributed by atoms with Crippen LogP contribution in [0.15, 0.2) is 0 Å². The molecule has 0 bridgehead atoms. The highest BCUT2D eigenvalue weighted by Gasteiger charge is 2.33. The first-order valence-corrected chi connectivity index (χ1v) is 4.01. The van der Waals surface area contributed by atoms with Gasteiger partial charge in [-0.1, -0.05) is 0 Å². The molecule has 0 aromatic heterocycles. The highest BCUT2D eigenvalue weighted by atomic mass is 15.2. The van der Waals surface area contributed by atoms with Gasteiger partial charge < -0.3 is 5.32 Å². The summed E-state index contributed by atoms with van der Waals surface area (Å²) in [5, 5.41) is 12.2. The molecule has 0 spiro atoms. The van der Waals surface area contributed by atoms with Crippen molar-refractivity contribution in [3.8, 4) is 6.07 Å². The number of nitrogens with one attached hydrogen (secondary N) is 1. The molecule has 0 aliphatic carbocycles. The van der Waals surface area contributed by atoms with Crippen LogP contribution in [0.4, 0.5) is 0 Å². The standard InChI is InChI=1S/C8H15N3/c1-11(2)8(6-9)4-3-5-10-7-8/h10H,3-5,7H2,1-2H3. The molecule has 1 rings (SSSR count). The third kappa shape index (κ3) is 1.52. The summed E-state index contributed by atoms with van der Waals surface area (Å²) in [5.41, 5.74) is -0.252. The highest BCUT2D eigenvalue weighted by molar-refractivity contribution is 5.10. The molecule has 0 amide bonds. The molecule has 11 heavy (non-hydrogen) atoms. The monoisotopic (exact) mass is 153 g/mol. The van der Waals surface area contributed by atoms with Crippen molar-refractivity contribution < 1.29 is 0 Å². The van der Waals surface area contributed by atoms with Crippen LogP contribution in [-0.2, 0) is 0 Å². The number of piperidine rings is 1.